The second-order valence-corrected chi connectivity index (χ2v) is 9.51. The molecule has 0 bridgehead atoms. The van der Waals surface area contributed by atoms with Crippen LogP contribution in [-0.2, 0) is 27.9 Å². The first kappa shape index (κ1) is 24.5. The molecule has 1 N–H and O–H groups in total. The first-order valence-corrected chi connectivity index (χ1v) is 12.0. The highest BCUT2D eigenvalue weighted by Gasteiger charge is 2.26. The Labute approximate surface area is 199 Å². The maximum atomic E-state index is 13.4. The molecule has 0 saturated heterocycles. The van der Waals surface area contributed by atoms with Crippen LogP contribution in [0.15, 0.2) is 90.3 Å². The predicted octanol–water partition coefficient (Wildman–Crippen LogP) is 4.80. The van der Waals surface area contributed by atoms with Gasteiger partial charge in [-0.05, 0) is 41.5 Å². The normalized spacial score (nSPS) is 11.1. The molecule has 0 aliphatic rings. The Morgan fingerprint density at radius 3 is 2.52 bits per heavy atom. The maximum absolute atomic E-state index is 13.4. The number of nitrogens with zero attached hydrogens (tertiary/aromatic N) is 1. The van der Waals surface area contributed by atoms with Crippen LogP contribution in [0.1, 0.15) is 21.5 Å². The van der Waals surface area contributed by atoms with Crippen molar-refractivity contribution in [2.24, 2.45) is 0 Å². The largest absolute Gasteiger partial charge is 0.380 e. The molecule has 3 aromatic rings. The van der Waals surface area contributed by atoms with E-state index >= 15 is 0 Å². The fraction of sp³-hybridized carbons (Fsp3) is 0.160. The number of amides is 1. The van der Waals surface area contributed by atoms with Crippen LogP contribution in [0.5, 0.6) is 0 Å². The van der Waals surface area contributed by atoms with Gasteiger partial charge in [-0.15, -0.1) is 6.58 Å². The molecule has 0 aromatic heterocycles. The fourth-order valence-electron chi connectivity index (χ4n) is 3.30. The summed E-state index contributed by atoms with van der Waals surface area (Å²) in [7, 11) is -2.37. The summed E-state index contributed by atoms with van der Waals surface area (Å²) in [5, 5.41) is 3.13. The quantitative estimate of drug-likeness (QED) is 0.419. The Bertz CT molecular complexity index is 1240. The van der Waals surface area contributed by atoms with Gasteiger partial charge in [0.1, 0.15) is 0 Å². The van der Waals surface area contributed by atoms with Gasteiger partial charge >= 0.3 is 0 Å². The number of anilines is 1. The van der Waals surface area contributed by atoms with Crippen LogP contribution in [0.4, 0.5) is 5.69 Å². The average molecular weight is 485 g/mol. The first-order chi connectivity index (χ1) is 15.9. The minimum Gasteiger partial charge on any atom is -0.380 e. The van der Waals surface area contributed by atoms with Gasteiger partial charge in [-0.3, -0.25) is 9.10 Å². The number of nitrogens with one attached hydrogen (secondary N) is 1. The number of carbonyl (C=O) groups excluding carboxylic acids is 1. The Balaban J connectivity index is 1.82. The molecule has 0 unspecified atom stereocenters. The van der Waals surface area contributed by atoms with Crippen LogP contribution in [0, 0.1) is 0 Å². The van der Waals surface area contributed by atoms with E-state index in [0.29, 0.717) is 23.9 Å². The van der Waals surface area contributed by atoms with Gasteiger partial charge in [0, 0.05) is 19.2 Å². The molecule has 3 aromatic carbocycles. The van der Waals surface area contributed by atoms with E-state index in [1.807, 2.05) is 24.3 Å². The Morgan fingerprint density at radius 1 is 1.06 bits per heavy atom. The van der Waals surface area contributed by atoms with Crippen molar-refractivity contribution in [3.8, 4) is 0 Å². The molecule has 0 radical (unpaired) electrons. The molecule has 3 rings (SSSR count). The van der Waals surface area contributed by atoms with Gasteiger partial charge < -0.3 is 10.1 Å². The van der Waals surface area contributed by atoms with E-state index in [2.05, 4.69) is 11.9 Å². The number of methoxy groups -OCH3 is 1. The van der Waals surface area contributed by atoms with Crippen LogP contribution in [-0.4, -0.2) is 28.0 Å². The van der Waals surface area contributed by atoms with E-state index in [9.17, 15) is 13.2 Å². The van der Waals surface area contributed by atoms with E-state index in [4.69, 9.17) is 16.3 Å². The fourth-order valence-corrected chi connectivity index (χ4v) is 5.09. The lowest BCUT2D eigenvalue weighted by atomic mass is 10.1. The lowest BCUT2D eigenvalue weighted by Crippen LogP contribution is -2.31. The van der Waals surface area contributed by atoms with E-state index < -0.39 is 10.0 Å². The number of ether oxygens (including phenoxy) is 1. The highest BCUT2D eigenvalue weighted by atomic mass is 35.5. The molecule has 0 aliphatic carbocycles. The number of halogens is 1. The van der Waals surface area contributed by atoms with Crippen molar-refractivity contribution in [2.75, 3.05) is 18.0 Å². The summed E-state index contributed by atoms with van der Waals surface area (Å²) in [5.74, 6) is -0.378. The van der Waals surface area contributed by atoms with Gasteiger partial charge in [-0.2, -0.15) is 0 Å². The van der Waals surface area contributed by atoms with Crippen LogP contribution in [0.25, 0.3) is 0 Å². The zero-order valence-corrected chi connectivity index (χ0v) is 19.8. The number of para-hydroxylation sites is 1. The maximum Gasteiger partial charge on any atom is 0.264 e. The van der Waals surface area contributed by atoms with E-state index in [-0.39, 0.29) is 22.9 Å². The van der Waals surface area contributed by atoms with Crippen molar-refractivity contribution < 1.29 is 17.9 Å². The Kier molecular flexibility index (Phi) is 8.27. The Hall–Kier alpha value is -3.13. The number of hydrogen-bond donors (Lipinski definition) is 1. The monoisotopic (exact) mass is 484 g/mol. The molecule has 8 heteroatoms. The lowest BCUT2D eigenvalue weighted by Gasteiger charge is -2.24. The molecule has 172 valence electrons. The topological polar surface area (TPSA) is 75.7 Å². The number of rotatable bonds is 10. The zero-order valence-electron chi connectivity index (χ0n) is 18.2. The highest BCUT2D eigenvalue weighted by Crippen LogP contribution is 2.30. The minimum absolute atomic E-state index is 0.0148. The smallest absolute Gasteiger partial charge is 0.264 e. The standard InChI is InChI=1S/C25H25ClN2O4S/c1-3-14-28(24-13-5-4-12-23(24)26)33(30,31)22-11-7-10-21(16-22)25(29)27-17-19-8-6-9-20(15-19)18-32-2/h3-13,15-16H,1,14,17-18H2,2H3,(H,27,29). The summed E-state index contributed by atoms with van der Waals surface area (Å²) in [6.45, 7) is 4.47. The summed E-state index contributed by atoms with van der Waals surface area (Å²) >= 11 is 6.25. The molecule has 0 saturated carbocycles. The van der Waals surface area contributed by atoms with Crippen molar-refractivity contribution in [1.82, 2.24) is 5.32 Å². The van der Waals surface area contributed by atoms with Gasteiger partial charge in [-0.25, -0.2) is 8.42 Å². The summed E-state index contributed by atoms with van der Waals surface area (Å²) in [5.41, 5.74) is 2.49. The molecular formula is C25H25ClN2O4S. The molecule has 6 nitrogen and oxygen atoms in total. The lowest BCUT2D eigenvalue weighted by molar-refractivity contribution is 0.0950. The SMILES string of the molecule is C=CCN(c1ccccc1Cl)S(=O)(=O)c1cccc(C(=O)NCc2cccc(COC)c2)c1. The minimum atomic E-state index is -3.99. The first-order valence-electron chi connectivity index (χ1n) is 10.2. The summed E-state index contributed by atoms with van der Waals surface area (Å²) in [6.07, 6.45) is 1.48. The summed E-state index contributed by atoms with van der Waals surface area (Å²) in [6, 6.07) is 20.3. The molecule has 0 atom stereocenters. The molecule has 0 spiro atoms. The van der Waals surface area contributed by atoms with Crippen LogP contribution < -0.4 is 9.62 Å². The Morgan fingerprint density at radius 2 is 1.79 bits per heavy atom. The number of carbonyl (C=O) groups is 1. The van der Waals surface area contributed by atoms with Gasteiger partial charge in [0.05, 0.1) is 28.8 Å². The second kappa shape index (κ2) is 11.1. The van der Waals surface area contributed by atoms with Crippen molar-refractivity contribution in [3.63, 3.8) is 0 Å². The predicted molar refractivity (Wildman–Crippen MR) is 131 cm³/mol. The molecule has 33 heavy (non-hydrogen) atoms. The molecule has 0 aliphatic heterocycles. The summed E-state index contributed by atoms with van der Waals surface area (Å²) in [4.78, 5) is 12.7. The van der Waals surface area contributed by atoms with Crippen molar-refractivity contribution in [3.05, 3.63) is 107 Å². The van der Waals surface area contributed by atoms with Gasteiger partial charge in [0.15, 0.2) is 0 Å². The van der Waals surface area contributed by atoms with Crippen molar-refractivity contribution in [1.29, 1.82) is 0 Å². The van der Waals surface area contributed by atoms with Crippen molar-refractivity contribution >= 4 is 33.2 Å². The summed E-state index contributed by atoms with van der Waals surface area (Å²) < 4.78 is 33.1. The molecular weight excluding hydrogens is 460 g/mol. The molecule has 1 amide bonds. The van der Waals surface area contributed by atoms with E-state index in [1.165, 1.54) is 22.5 Å². The van der Waals surface area contributed by atoms with Gasteiger partial charge in [0.25, 0.3) is 15.9 Å². The third kappa shape index (κ3) is 6.01. The number of hydrogen-bond acceptors (Lipinski definition) is 4. The van der Waals surface area contributed by atoms with Crippen LogP contribution in [0.3, 0.4) is 0 Å². The molecule has 0 fully saturated rings. The second-order valence-electron chi connectivity index (χ2n) is 7.24. The van der Waals surface area contributed by atoms with E-state index in [1.54, 1.807) is 43.5 Å². The third-order valence-electron chi connectivity index (χ3n) is 4.86. The highest BCUT2D eigenvalue weighted by molar-refractivity contribution is 7.92. The van der Waals surface area contributed by atoms with Crippen LogP contribution >= 0.6 is 11.6 Å². The van der Waals surface area contributed by atoms with Crippen LogP contribution in [0.2, 0.25) is 5.02 Å². The molecule has 0 heterocycles. The number of sulfonamides is 1. The van der Waals surface area contributed by atoms with E-state index in [0.717, 1.165) is 11.1 Å². The number of benzene rings is 3. The zero-order chi connectivity index (χ0) is 23.8. The average Bonchev–Trinajstić information content (AvgIpc) is 2.82. The van der Waals surface area contributed by atoms with Gasteiger partial charge in [0.2, 0.25) is 0 Å². The van der Waals surface area contributed by atoms with Gasteiger partial charge in [-0.1, -0.05) is 60.1 Å². The third-order valence-corrected chi connectivity index (χ3v) is 6.95. The van der Waals surface area contributed by atoms with Crippen molar-refractivity contribution in [2.45, 2.75) is 18.0 Å².